The fraction of sp³-hybridized carbons (Fsp3) is 0.375. The van der Waals surface area contributed by atoms with Crippen molar-refractivity contribution in [3.63, 3.8) is 0 Å². The van der Waals surface area contributed by atoms with Gasteiger partial charge in [0.1, 0.15) is 13.2 Å². The Morgan fingerprint density at radius 2 is 2.05 bits per heavy atom. The van der Waals surface area contributed by atoms with Gasteiger partial charge in [-0.05, 0) is 31.5 Å². The van der Waals surface area contributed by atoms with Crippen molar-refractivity contribution < 1.29 is 23.8 Å². The van der Waals surface area contributed by atoms with Gasteiger partial charge in [0.25, 0.3) is 5.91 Å². The molecule has 1 atom stereocenters. The molecule has 0 aliphatic carbocycles. The van der Waals surface area contributed by atoms with Gasteiger partial charge >= 0.3 is 5.97 Å². The normalized spacial score (nSPS) is 14.5. The van der Waals surface area contributed by atoms with Gasteiger partial charge in [0, 0.05) is 6.08 Å². The first-order valence-corrected chi connectivity index (χ1v) is 7.08. The minimum atomic E-state index is -0.537. The lowest BCUT2D eigenvalue weighted by atomic mass is 10.1. The number of nitrogens with one attached hydrogen (secondary N) is 1. The van der Waals surface area contributed by atoms with Crippen LogP contribution >= 0.6 is 0 Å². The molecule has 0 spiro atoms. The van der Waals surface area contributed by atoms with E-state index in [1.54, 1.807) is 13.0 Å². The fourth-order valence-corrected chi connectivity index (χ4v) is 2.02. The average Bonchev–Trinajstić information content (AvgIpc) is 2.52. The van der Waals surface area contributed by atoms with E-state index in [1.807, 2.05) is 25.1 Å². The van der Waals surface area contributed by atoms with Gasteiger partial charge in [-0.15, -0.1) is 0 Å². The summed E-state index contributed by atoms with van der Waals surface area (Å²) in [5.41, 5.74) is 0.886. The SMILES string of the molecule is CC=CC(=O)OCC(=O)NC(C)c1ccc2c(c1)OCCO2. The molecule has 22 heavy (non-hydrogen) atoms. The Bertz CT molecular complexity index is 582. The van der Waals surface area contributed by atoms with Crippen LogP contribution in [0.1, 0.15) is 25.5 Å². The lowest BCUT2D eigenvalue weighted by Crippen LogP contribution is -2.31. The maximum atomic E-state index is 11.8. The number of amides is 1. The molecule has 1 unspecified atom stereocenters. The van der Waals surface area contributed by atoms with E-state index in [2.05, 4.69) is 5.32 Å². The van der Waals surface area contributed by atoms with E-state index in [0.29, 0.717) is 24.7 Å². The molecule has 1 aliphatic heterocycles. The molecular weight excluding hydrogens is 286 g/mol. The van der Waals surface area contributed by atoms with Gasteiger partial charge in [0.15, 0.2) is 18.1 Å². The molecule has 6 heteroatoms. The van der Waals surface area contributed by atoms with Crippen LogP contribution in [0.2, 0.25) is 0 Å². The van der Waals surface area contributed by atoms with Crippen molar-refractivity contribution in [3.05, 3.63) is 35.9 Å². The number of esters is 1. The minimum absolute atomic E-state index is 0.233. The number of carbonyl (C=O) groups excluding carboxylic acids is 2. The quantitative estimate of drug-likeness (QED) is 0.663. The van der Waals surface area contributed by atoms with Crippen LogP contribution in [-0.2, 0) is 14.3 Å². The molecule has 1 N–H and O–H groups in total. The van der Waals surface area contributed by atoms with E-state index in [9.17, 15) is 9.59 Å². The van der Waals surface area contributed by atoms with Gasteiger partial charge < -0.3 is 19.5 Å². The minimum Gasteiger partial charge on any atom is -0.486 e. The van der Waals surface area contributed by atoms with E-state index in [0.717, 1.165) is 5.56 Å². The summed E-state index contributed by atoms with van der Waals surface area (Å²) < 4.78 is 15.8. The Kier molecular flexibility index (Phi) is 5.41. The van der Waals surface area contributed by atoms with Crippen LogP contribution in [-0.4, -0.2) is 31.7 Å². The lowest BCUT2D eigenvalue weighted by molar-refractivity contribution is -0.144. The second-order valence-electron chi connectivity index (χ2n) is 4.80. The summed E-state index contributed by atoms with van der Waals surface area (Å²) in [7, 11) is 0. The number of benzene rings is 1. The lowest BCUT2D eigenvalue weighted by Gasteiger charge is -2.21. The summed E-state index contributed by atoms with van der Waals surface area (Å²) in [5.74, 6) is 0.475. The molecular formula is C16H19NO5. The molecule has 1 heterocycles. The maximum absolute atomic E-state index is 11.8. The van der Waals surface area contributed by atoms with Crippen LogP contribution in [0.25, 0.3) is 0 Å². The third-order valence-corrected chi connectivity index (χ3v) is 3.09. The number of allylic oxidation sites excluding steroid dienone is 1. The largest absolute Gasteiger partial charge is 0.486 e. The molecule has 1 aromatic rings. The van der Waals surface area contributed by atoms with Crippen molar-refractivity contribution in [2.45, 2.75) is 19.9 Å². The molecule has 2 rings (SSSR count). The van der Waals surface area contributed by atoms with Crippen molar-refractivity contribution in [1.82, 2.24) is 5.32 Å². The van der Waals surface area contributed by atoms with Crippen molar-refractivity contribution >= 4 is 11.9 Å². The summed E-state index contributed by atoms with van der Waals surface area (Å²) in [5, 5.41) is 2.76. The van der Waals surface area contributed by atoms with Gasteiger partial charge in [0.05, 0.1) is 6.04 Å². The second kappa shape index (κ2) is 7.49. The molecule has 0 aromatic heterocycles. The predicted molar refractivity (Wildman–Crippen MR) is 79.8 cm³/mol. The van der Waals surface area contributed by atoms with Gasteiger partial charge in [-0.25, -0.2) is 4.79 Å². The first-order chi connectivity index (χ1) is 10.6. The number of hydrogen-bond acceptors (Lipinski definition) is 5. The molecule has 6 nitrogen and oxygen atoms in total. The molecule has 0 saturated heterocycles. The highest BCUT2D eigenvalue weighted by Crippen LogP contribution is 2.32. The Labute approximate surface area is 129 Å². The zero-order valence-electron chi connectivity index (χ0n) is 12.6. The van der Waals surface area contributed by atoms with E-state index in [1.165, 1.54) is 6.08 Å². The molecule has 0 saturated carbocycles. The molecule has 0 radical (unpaired) electrons. The van der Waals surface area contributed by atoms with Crippen LogP contribution in [0.3, 0.4) is 0 Å². The molecule has 118 valence electrons. The molecule has 1 aromatic carbocycles. The van der Waals surface area contributed by atoms with Crippen molar-refractivity contribution in [2.24, 2.45) is 0 Å². The van der Waals surface area contributed by atoms with Gasteiger partial charge in [-0.1, -0.05) is 12.1 Å². The van der Waals surface area contributed by atoms with Gasteiger partial charge in [-0.2, -0.15) is 0 Å². The average molecular weight is 305 g/mol. The fourth-order valence-electron chi connectivity index (χ4n) is 2.02. The maximum Gasteiger partial charge on any atom is 0.330 e. The van der Waals surface area contributed by atoms with Crippen LogP contribution in [0.15, 0.2) is 30.4 Å². The highest BCUT2D eigenvalue weighted by molar-refractivity contribution is 5.85. The highest BCUT2D eigenvalue weighted by Gasteiger charge is 2.16. The van der Waals surface area contributed by atoms with Crippen LogP contribution in [0.4, 0.5) is 0 Å². The summed E-state index contributed by atoms with van der Waals surface area (Å²) in [6, 6.07) is 5.29. The van der Waals surface area contributed by atoms with Crippen LogP contribution in [0.5, 0.6) is 11.5 Å². The molecule has 1 amide bonds. The monoisotopic (exact) mass is 305 g/mol. The summed E-state index contributed by atoms with van der Waals surface area (Å²) in [4.78, 5) is 22.9. The zero-order valence-corrected chi connectivity index (χ0v) is 12.6. The smallest absolute Gasteiger partial charge is 0.330 e. The first kappa shape index (κ1) is 15.9. The van der Waals surface area contributed by atoms with Crippen LogP contribution in [0, 0.1) is 0 Å². The summed E-state index contributed by atoms with van der Waals surface area (Å²) >= 11 is 0. The Balaban J connectivity index is 1.90. The first-order valence-electron chi connectivity index (χ1n) is 7.08. The number of ether oxygens (including phenoxy) is 3. The van der Waals surface area contributed by atoms with E-state index < -0.39 is 5.97 Å². The number of fused-ring (bicyclic) bond motifs is 1. The third-order valence-electron chi connectivity index (χ3n) is 3.09. The standard InChI is InChI=1S/C16H19NO5/c1-3-4-16(19)22-10-15(18)17-11(2)12-5-6-13-14(9-12)21-8-7-20-13/h3-6,9,11H,7-8,10H2,1-2H3,(H,17,18). The summed E-state index contributed by atoms with van der Waals surface area (Å²) in [6.07, 6.45) is 2.82. The molecule has 0 fully saturated rings. The summed E-state index contributed by atoms with van der Waals surface area (Å²) in [6.45, 7) is 4.29. The number of rotatable bonds is 5. The van der Waals surface area contributed by atoms with Crippen LogP contribution < -0.4 is 14.8 Å². The third kappa shape index (κ3) is 4.25. The topological polar surface area (TPSA) is 73.9 Å². The number of hydrogen-bond donors (Lipinski definition) is 1. The van der Waals surface area contributed by atoms with Crippen molar-refractivity contribution in [3.8, 4) is 11.5 Å². The van der Waals surface area contributed by atoms with Gasteiger partial charge in [0.2, 0.25) is 0 Å². The highest BCUT2D eigenvalue weighted by atomic mass is 16.6. The zero-order chi connectivity index (χ0) is 15.9. The molecule has 0 bridgehead atoms. The molecule has 1 aliphatic rings. The van der Waals surface area contributed by atoms with E-state index >= 15 is 0 Å². The number of carbonyl (C=O) groups is 2. The predicted octanol–water partition coefficient (Wildman–Crippen LogP) is 1.75. The Hall–Kier alpha value is -2.50. The van der Waals surface area contributed by atoms with Crippen molar-refractivity contribution in [2.75, 3.05) is 19.8 Å². The Morgan fingerprint density at radius 1 is 1.32 bits per heavy atom. The van der Waals surface area contributed by atoms with Gasteiger partial charge in [-0.3, -0.25) is 4.79 Å². The van der Waals surface area contributed by atoms with E-state index in [4.69, 9.17) is 14.2 Å². The van der Waals surface area contributed by atoms with Crippen molar-refractivity contribution in [1.29, 1.82) is 0 Å². The second-order valence-corrected chi connectivity index (χ2v) is 4.80. The Morgan fingerprint density at radius 3 is 2.77 bits per heavy atom. The van der Waals surface area contributed by atoms with E-state index in [-0.39, 0.29) is 18.6 Å².